The van der Waals surface area contributed by atoms with E-state index in [9.17, 15) is 18.0 Å². The van der Waals surface area contributed by atoms with Gasteiger partial charge in [0.2, 0.25) is 15.9 Å². The molecule has 0 aliphatic heterocycles. The number of hydrogen-bond acceptors (Lipinski definition) is 4. The lowest BCUT2D eigenvalue weighted by atomic mass is 10.1. The molecule has 1 rings (SSSR count). The van der Waals surface area contributed by atoms with Crippen molar-refractivity contribution in [1.82, 2.24) is 15.4 Å². The molecular weight excluding hydrogens is 390 g/mol. The number of carbonyl (C=O) groups is 2. The van der Waals surface area contributed by atoms with Crippen molar-refractivity contribution >= 4 is 33.4 Å². The highest BCUT2D eigenvalue weighted by Gasteiger charge is 2.26. The van der Waals surface area contributed by atoms with Crippen molar-refractivity contribution in [3.05, 3.63) is 28.8 Å². The molecule has 1 atom stereocenters. The Morgan fingerprint density at radius 2 is 1.59 bits per heavy atom. The van der Waals surface area contributed by atoms with Crippen LogP contribution in [0.15, 0.2) is 23.1 Å². The smallest absolute Gasteiger partial charge is 0.251 e. The molecule has 0 aromatic heterocycles. The van der Waals surface area contributed by atoms with Gasteiger partial charge >= 0.3 is 0 Å². The average Bonchev–Trinajstić information content (AvgIpc) is 2.42. The van der Waals surface area contributed by atoms with Crippen LogP contribution in [-0.4, -0.2) is 37.4 Å². The zero-order valence-corrected chi connectivity index (χ0v) is 18.3. The molecule has 7 nitrogen and oxygen atoms in total. The van der Waals surface area contributed by atoms with Gasteiger partial charge < -0.3 is 10.6 Å². The number of amides is 2. The first-order chi connectivity index (χ1) is 12.0. The molecule has 0 bridgehead atoms. The molecule has 3 N–H and O–H groups in total. The highest BCUT2D eigenvalue weighted by Crippen LogP contribution is 2.24. The van der Waals surface area contributed by atoms with E-state index in [1.807, 2.05) is 20.8 Å². The molecule has 1 aromatic carbocycles. The summed E-state index contributed by atoms with van der Waals surface area (Å²) in [7, 11) is -3.91. The second-order valence-corrected chi connectivity index (χ2v) is 10.5. The third-order valence-corrected chi connectivity index (χ3v) is 5.40. The number of halogens is 1. The standard InChI is InChI=1S/C18H28ClN3O4S/c1-11(15(23)21-17(2,3)4)20-16(24)12-8-9-13(19)14(10-12)27(25,26)22-18(5,6)7/h8-11,22H,1-7H3,(H,20,24)(H,21,23). The van der Waals surface area contributed by atoms with E-state index in [0.717, 1.165) is 0 Å². The molecule has 1 unspecified atom stereocenters. The van der Waals surface area contributed by atoms with Crippen LogP contribution in [0, 0.1) is 0 Å². The van der Waals surface area contributed by atoms with E-state index in [-0.39, 0.29) is 21.4 Å². The van der Waals surface area contributed by atoms with Crippen LogP contribution in [0.4, 0.5) is 0 Å². The third-order valence-electron chi connectivity index (χ3n) is 3.16. The Bertz CT molecular complexity index is 824. The zero-order chi connectivity index (χ0) is 21.2. The van der Waals surface area contributed by atoms with E-state index in [1.165, 1.54) is 18.2 Å². The quantitative estimate of drug-likeness (QED) is 0.684. The van der Waals surface area contributed by atoms with Crippen molar-refractivity contribution < 1.29 is 18.0 Å². The lowest BCUT2D eigenvalue weighted by Gasteiger charge is -2.24. The summed E-state index contributed by atoms with van der Waals surface area (Å²) in [6.45, 7) is 12.1. The van der Waals surface area contributed by atoms with E-state index < -0.39 is 33.1 Å². The lowest BCUT2D eigenvalue weighted by Crippen LogP contribution is -2.50. The molecular formula is C18H28ClN3O4S. The number of nitrogens with one attached hydrogen (secondary N) is 3. The maximum Gasteiger partial charge on any atom is 0.251 e. The van der Waals surface area contributed by atoms with E-state index in [4.69, 9.17) is 11.6 Å². The maximum atomic E-state index is 12.5. The number of hydrogen-bond donors (Lipinski definition) is 3. The molecule has 0 heterocycles. The van der Waals surface area contributed by atoms with Crippen LogP contribution in [0.5, 0.6) is 0 Å². The van der Waals surface area contributed by atoms with Crippen LogP contribution >= 0.6 is 11.6 Å². The van der Waals surface area contributed by atoms with Crippen LogP contribution in [0.25, 0.3) is 0 Å². The fourth-order valence-corrected chi connectivity index (χ4v) is 4.08. The lowest BCUT2D eigenvalue weighted by molar-refractivity contribution is -0.124. The number of benzene rings is 1. The highest BCUT2D eigenvalue weighted by atomic mass is 35.5. The van der Waals surface area contributed by atoms with E-state index >= 15 is 0 Å². The second kappa shape index (κ2) is 8.16. The monoisotopic (exact) mass is 417 g/mol. The molecule has 0 fully saturated rings. The van der Waals surface area contributed by atoms with Crippen molar-refractivity contribution in [1.29, 1.82) is 0 Å². The molecule has 0 saturated heterocycles. The van der Waals surface area contributed by atoms with Crippen molar-refractivity contribution in [2.24, 2.45) is 0 Å². The van der Waals surface area contributed by atoms with E-state index in [0.29, 0.717) is 0 Å². The SMILES string of the molecule is CC(NC(=O)c1ccc(Cl)c(S(=O)(=O)NC(C)(C)C)c1)C(=O)NC(C)(C)C. The van der Waals surface area contributed by atoms with Gasteiger partial charge in [-0.05, 0) is 66.7 Å². The first-order valence-corrected chi connectivity index (χ1v) is 10.3. The molecule has 0 radical (unpaired) electrons. The van der Waals surface area contributed by atoms with Gasteiger partial charge in [0.15, 0.2) is 0 Å². The summed E-state index contributed by atoms with van der Waals surface area (Å²) in [6.07, 6.45) is 0. The van der Waals surface area contributed by atoms with Crippen LogP contribution in [0.1, 0.15) is 58.8 Å². The molecule has 152 valence electrons. The van der Waals surface area contributed by atoms with Crippen LogP contribution in [0.3, 0.4) is 0 Å². The van der Waals surface area contributed by atoms with Crippen LogP contribution < -0.4 is 15.4 Å². The van der Waals surface area contributed by atoms with Crippen molar-refractivity contribution in [2.75, 3.05) is 0 Å². The summed E-state index contributed by atoms with van der Waals surface area (Å²) >= 11 is 6.03. The predicted octanol–water partition coefficient (Wildman–Crippen LogP) is 2.45. The van der Waals surface area contributed by atoms with Gasteiger partial charge in [-0.15, -0.1) is 0 Å². The van der Waals surface area contributed by atoms with Crippen molar-refractivity contribution in [3.8, 4) is 0 Å². The fraction of sp³-hybridized carbons (Fsp3) is 0.556. The van der Waals surface area contributed by atoms with Crippen molar-refractivity contribution in [3.63, 3.8) is 0 Å². The largest absolute Gasteiger partial charge is 0.350 e. The Morgan fingerprint density at radius 3 is 2.07 bits per heavy atom. The number of carbonyl (C=O) groups excluding carboxylic acids is 2. The normalized spacial score (nSPS) is 13.8. The molecule has 2 amide bonds. The van der Waals surface area contributed by atoms with E-state index in [1.54, 1.807) is 27.7 Å². The van der Waals surface area contributed by atoms with Gasteiger partial charge in [0.05, 0.1) is 5.02 Å². The fourth-order valence-electron chi connectivity index (χ4n) is 2.13. The Labute approximate surface area is 166 Å². The Hall–Kier alpha value is -1.64. The Morgan fingerprint density at radius 1 is 1.04 bits per heavy atom. The number of sulfonamides is 1. The molecule has 1 aromatic rings. The van der Waals surface area contributed by atoms with Gasteiger partial charge in [0.1, 0.15) is 10.9 Å². The zero-order valence-electron chi connectivity index (χ0n) is 16.7. The highest BCUT2D eigenvalue weighted by molar-refractivity contribution is 7.89. The first-order valence-electron chi connectivity index (χ1n) is 8.48. The van der Waals surface area contributed by atoms with Gasteiger partial charge in [-0.3, -0.25) is 9.59 Å². The minimum Gasteiger partial charge on any atom is -0.350 e. The Balaban J connectivity index is 3.05. The molecule has 9 heteroatoms. The van der Waals surface area contributed by atoms with Gasteiger partial charge in [-0.1, -0.05) is 11.6 Å². The first kappa shape index (κ1) is 23.4. The summed E-state index contributed by atoms with van der Waals surface area (Å²) in [4.78, 5) is 24.4. The summed E-state index contributed by atoms with van der Waals surface area (Å²) < 4.78 is 27.6. The van der Waals surface area contributed by atoms with Gasteiger partial charge in [-0.2, -0.15) is 0 Å². The molecule has 0 aliphatic carbocycles. The molecule has 0 saturated carbocycles. The van der Waals surface area contributed by atoms with Gasteiger partial charge in [0.25, 0.3) is 5.91 Å². The third kappa shape index (κ3) is 7.48. The topological polar surface area (TPSA) is 104 Å². The predicted molar refractivity (Wildman–Crippen MR) is 106 cm³/mol. The Kier molecular flexibility index (Phi) is 7.07. The molecule has 0 spiro atoms. The molecule has 0 aliphatic rings. The summed E-state index contributed by atoms with van der Waals surface area (Å²) in [5.41, 5.74) is -1.06. The van der Waals surface area contributed by atoms with Gasteiger partial charge in [-0.25, -0.2) is 13.1 Å². The van der Waals surface area contributed by atoms with Gasteiger partial charge in [0, 0.05) is 16.6 Å². The van der Waals surface area contributed by atoms with E-state index in [2.05, 4.69) is 15.4 Å². The number of rotatable bonds is 5. The summed E-state index contributed by atoms with van der Waals surface area (Å²) in [6, 6.07) is 3.15. The maximum absolute atomic E-state index is 12.5. The minimum absolute atomic E-state index is 0.00169. The molecule has 27 heavy (non-hydrogen) atoms. The van der Waals surface area contributed by atoms with Crippen molar-refractivity contribution in [2.45, 2.75) is 70.5 Å². The minimum atomic E-state index is -3.91. The van der Waals surface area contributed by atoms with Crippen LogP contribution in [-0.2, 0) is 14.8 Å². The van der Waals surface area contributed by atoms with Crippen LogP contribution in [0.2, 0.25) is 5.02 Å². The summed E-state index contributed by atoms with van der Waals surface area (Å²) in [5, 5.41) is 5.32. The average molecular weight is 418 g/mol. The second-order valence-electron chi connectivity index (χ2n) is 8.44. The summed E-state index contributed by atoms with van der Waals surface area (Å²) in [5.74, 6) is -0.914.